The highest BCUT2D eigenvalue weighted by Crippen LogP contribution is 2.21. The monoisotopic (exact) mass is 387 g/mol. The zero-order valence-corrected chi connectivity index (χ0v) is 16.6. The van der Waals surface area contributed by atoms with E-state index in [1.807, 2.05) is 53.6 Å². The van der Waals surface area contributed by atoms with Crippen molar-refractivity contribution in [1.82, 2.24) is 15.6 Å². The summed E-state index contributed by atoms with van der Waals surface area (Å²) in [6, 6.07) is 18.4. The van der Waals surface area contributed by atoms with Crippen molar-refractivity contribution in [3.63, 3.8) is 0 Å². The van der Waals surface area contributed by atoms with Gasteiger partial charge in [-0.05, 0) is 35.6 Å². The summed E-state index contributed by atoms with van der Waals surface area (Å²) in [6.07, 6.45) is 3.43. The zero-order chi connectivity index (χ0) is 20.1. The molecular weight excluding hydrogens is 362 g/mol. The highest BCUT2D eigenvalue weighted by atomic mass is 16.2. The first kappa shape index (κ1) is 18.9. The summed E-state index contributed by atoms with van der Waals surface area (Å²) in [5, 5.41) is 8.99. The zero-order valence-electron chi connectivity index (χ0n) is 16.6. The third kappa shape index (κ3) is 4.37. The molecule has 29 heavy (non-hydrogen) atoms. The highest BCUT2D eigenvalue weighted by Gasteiger charge is 2.21. The number of anilines is 1. The SMILES string of the molecule is CN=C(NCc1ccc(N2CCCC2=O)cc1)NCc1nccc2ccccc12. The fourth-order valence-corrected chi connectivity index (χ4v) is 3.61. The number of pyridine rings is 1. The Morgan fingerprint density at radius 1 is 1.07 bits per heavy atom. The summed E-state index contributed by atoms with van der Waals surface area (Å²) in [5.41, 5.74) is 3.10. The molecule has 0 unspecified atom stereocenters. The minimum absolute atomic E-state index is 0.211. The molecule has 0 atom stereocenters. The Morgan fingerprint density at radius 3 is 2.62 bits per heavy atom. The fourth-order valence-electron chi connectivity index (χ4n) is 3.61. The number of hydrogen-bond donors (Lipinski definition) is 2. The number of nitrogens with zero attached hydrogens (tertiary/aromatic N) is 3. The van der Waals surface area contributed by atoms with Crippen molar-refractivity contribution in [3.05, 3.63) is 72.1 Å². The van der Waals surface area contributed by atoms with E-state index in [4.69, 9.17) is 0 Å². The molecule has 3 aromatic rings. The number of amides is 1. The average Bonchev–Trinajstić information content (AvgIpc) is 3.20. The maximum atomic E-state index is 11.9. The number of rotatable bonds is 5. The van der Waals surface area contributed by atoms with Gasteiger partial charge >= 0.3 is 0 Å². The molecule has 0 aliphatic carbocycles. The second-order valence-corrected chi connectivity index (χ2v) is 7.07. The van der Waals surface area contributed by atoms with Crippen LogP contribution in [0.15, 0.2) is 65.8 Å². The Balaban J connectivity index is 1.34. The first-order valence-corrected chi connectivity index (χ1v) is 9.91. The van der Waals surface area contributed by atoms with E-state index in [0.29, 0.717) is 19.5 Å². The molecule has 1 aliphatic heterocycles. The summed E-state index contributed by atoms with van der Waals surface area (Å²) < 4.78 is 0. The van der Waals surface area contributed by atoms with Crippen molar-refractivity contribution < 1.29 is 4.79 Å². The second-order valence-electron chi connectivity index (χ2n) is 7.07. The first-order valence-electron chi connectivity index (χ1n) is 9.91. The van der Waals surface area contributed by atoms with Crippen LogP contribution in [-0.2, 0) is 17.9 Å². The molecule has 1 amide bonds. The van der Waals surface area contributed by atoms with Crippen LogP contribution in [0.2, 0.25) is 0 Å². The third-order valence-electron chi connectivity index (χ3n) is 5.18. The van der Waals surface area contributed by atoms with Crippen LogP contribution in [0.4, 0.5) is 5.69 Å². The minimum atomic E-state index is 0.211. The average molecular weight is 387 g/mol. The molecule has 6 heteroatoms. The predicted octanol–water partition coefficient (Wildman–Crippen LogP) is 3.23. The summed E-state index contributed by atoms with van der Waals surface area (Å²) in [6.45, 7) is 2.06. The molecule has 2 heterocycles. The largest absolute Gasteiger partial charge is 0.352 e. The van der Waals surface area contributed by atoms with E-state index < -0.39 is 0 Å². The molecule has 0 spiro atoms. The van der Waals surface area contributed by atoms with Gasteiger partial charge in [0.05, 0.1) is 12.2 Å². The van der Waals surface area contributed by atoms with E-state index in [9.17, 15) is 4.79 Å². The lowest BCUT2D eigenvalue weighted by atomic mass is 10.1. The highest BCUT2D eigenvalue weighted by molar-refractivity contribution is 5.95. The lowest BCUT2D eigenvalue weighted by Gasteiger charge is -2.16. The molecule has 0 bridgehead atoms. The van der Waals surface area contributed by atoms with Gasteiger partial charge in [-0.25, -0.2) is 0 Å². The van der Waals surface area contributed by atoms with Gasteiger partial charge in [0.1, 0.15) is 0 Å². The number of benzene rings is 2. The first-order chi connectivity index (χ1) is 14.2. The van der Waals surface area contributed by atoms with Crippen molar-refractivity contribution in [2.45, 2.75) is 25.9 Å². The van der Waals surface area contributed by atoms with Crippen molar-refractivity contribution in [1.29, 1.82) is 0 Å². The van der Waals surface area contributed by atoms with Gasteiger partial charge < -0.3 is 15.5 Å². The minimum Gasteiger partial charge on any atom is -0.352 e. The summed E-state index contributed by atoms with van der Waals surface area (Å²) >= 11 is 0. The number of fused-ring (bicyclic) bond motifs is 1. The Kier molecular flexibility index (Phi) is 5.70. The van der Waals surface area contributed by atoms with E-state index in [1.165, 1.54) is 5.39 Å². The van der Waals surface area contributed by atoms with Crippen molar-refractivity contribution >= 4 is 28.3 Å². The standard InChI is InChI=1S/C23H25N5O/c1-24-23(27-16-21-20-6-3-2-5-18(20)12-13-25-21)26-15-17-8-10-19(11-9-17)28-14-4-7-22(28)29/h2-3,5-6,8-13H,4,7,14-16H2,1H3,(H2,24,26,27). The Hall–Kier alpha value is -3.41. The molecule has 2 N–H and O–H groups in total. The Bertz CT molecular complexity index is 1020. The van der Waals surface area contributed by atoms with E-state index in [0.717, 1.165) is 41.3 Å². The van der Waals surface area contributed by atoms with E-state index in [2.05, 4.69) is 32.7 Å². The molecule has 1 saturated heterocycles. The van der Waals surface area contributed by atoms with Crippen LogP contribution in [0.1, 0.15) is 24.1 Å². The van der Waals surface area contributed by atoms with Crippen molar-refractivity contribution in [2.75, 3.05) is 18.5 Å². The Morgan fingerprint density at radius 2 is 1.86 bits per heavy atom. The lowest BCUT2D eigenvalue weighted by molar-refractivity contribution is -0.117. The summed E-state index contributed by atoms with van der Waals surface area (Å²) in [4.78, 5) is 22.5. The van der Waals surface area contributed by atoms with Gasteiger partial charge in [0.15, 0.2) is 5.96 Å². The smallest absolute Gasteiger partial charge is 0.227 e. The van der Waals surface area contributed by atoms with Gasteiger partial charge in [0.25, 0.3) is 0 Å². The number of nitrogens with one attached hydrogen (secondary N) is 2. The van der Waals surface area contributed by atoms with Crippen LogP contribution in [-0.4, -0.2) is 30.4 Å². The van der Waals surface area contributed by atoms with Crippen LogP contribution >= 0.6 is 0 Å². The molecule has 0 radical (unpaired) electrons. The van der Waals surface area contributed by atoms with E-state index in [1.54, 1.807) is 7.05 Å². The van der Waals surface area contributed by atoms with Crippen molar-refractivity contribution in [2.24, 2.45) is 4.99 Å². The number of guanidine groups is 1. The van der Waals surface area contributed by atoms with Crippen LogP contribution in [0.25, 0.3) is 10.8 Å². The van der Waals surface area contributed by atoms with Crippen LogP contribution in [0, 0.1) is 0 Å². The Labute approximate surface area is 170 Å². The second kappa shape index (κ2) is 8.73. The molecule has 1 aromatic heterocycles. The van der Waals surface area contributed by atoms with Crippen molar-refractivity contribution in [3.8, 4) is 0 Å². The number of carbonyl (C=O) groups is 1. The summed E-state index contributed by atoms with van der Waals surface area (Å²) in [7, 11) is 1.76. The van der Waals surface area contributed by atoms with E-state index >= 15 is 0 Å². The molecule has 1 fully saturated rings. The number of aliphatic imine (C=N–C) groups is 1. The molecule has 6 nitrogen and oxygen atoms in total. The maximum Gasteiger partial charge on any atom is 0.227 e. The van der Waals surface area contributed by atoms with Gasteiger partial charge in [0, 0.05) is 43.8 Å². The summed E-state index contributed by atoms with van der Waals surface area (Å²) in [5.74, 6) is 0.932. The molecule has 1 aliphatic rings. The third-order valence-corrected chi connectivity index (χ3v) is 5.18. The van der Waals surface area contributed by atoms with Gasteiger partial charge in [-0.15, -0.1) is 0 Å². The quantitative estimate of drug-likeness (QED) is 0.521. The topological polar surface area (TPSA) is 69.6 Å². The van der Waals surface area contributed by atoms with Gasteiger partial charge in [-0.2, -0.15) is 0 Å². The van der Waals surface area contributed by atoms with Crippen LogP contribution in [0.3, 0.4) is 0 Å². The molecular formula is C23H25N5O. The lowest BCUT2D eigenvalue weighted by Crippen LogP contribution is -2.36. The normalized spacial score (nSPS) is 14.4. The molecule has 148 valence electrons. The predicted molar refractivity (Wildman–Crippen MR) is 117 cm³/mol. The van der Waals surface area contributed by atoms with Gasteiger partial charge in [0.2, 0.25) is 5.91 Å². The molecule has 0 saturated carbocycles. The van der Waals surface area contributed by atoms with Crippen LogP contribution < -0.4 is 15.5 Å². The number of aromatic nitrogens is 1. The number of hydrogen-bond acceptors (Lipinski definition) is 3. The van der Waals surface area contributed by atoms with Gasteiger partial charge in [-0.1, -0.05) is 36.4 Å². The van der Waals surface area contributed by atoms with Crippen LogP contribution in [0.5, 0.6) is 0 Å². The van der Waals surface area contributed by atoms with E-state index in [-0.39, 0.29) is 5.91 Å². The number of carbonyl (C=O) groups excluding carboxylic acids is 1. The fraction of sp³-hybridized carbons (Fsp3) is 0.261. The molecule has 4 rings (SSSR count). The maximum absolute atomic E-state index is 11.9. The molecule has 2 aromatic carbocycles. The van der Waals surface area contributed by atoms with Gasteiger partial charge in [-0.3, -0.25) is 14.8 Å².